The number of morpholine rings is 1. The van der Waals surface area contributed by atoms with Crippen LogP contribution in [-0.4, -0.2) is 29.9 Å². The van der Waals surface area contributed by atoms with Crippen molar-refractivity contribution in [1.82, 2.24) is 4.90 Å². The molecule has 0 radical (unpaired) electrons. The average Bonchev–Trinajstić information content (AvgIpc) is 2.55. The minimum Gasteiger partial charge on any atom is -0.391 e. The smallest absolute Gasteiger partial charge is 0.327 e. The lowest BCUT2D eigenvalue weighted by atomic mass is 10.1. The summed E-state index contributed by atoms with van der Waals surface area (Å²) in [6.07, 6.45) is 0. The number of esters is 2. The number of ether oxygens (including phenoxy) is 1. The van der Waals surface area contributed by atoms with E-state index in [0.717, 1.165) is 0 Å². The summed E-state index contributed by atoms with van der Waals surface area (Å²) in [6.45, 7) is 6.50. The molecule has 0 aromatic carbocycles. The van der Waals surface area contributed by atoms with Gasteiger partial charge in [-0.25, -0.2) is 0 Å². The molecule has 0 spiro atoms. The van der Waals surface area contributed by atoms with Crippen LogP contribution in [0.1, 0.15) is 28.3 Å². The fourth-order valence-corrected chi connectivity index (χ4v) is 3.13. The zero-order valence-corrected chi connectivity index (χ0v) is 11.0. The monoisotopic (exact) mass is 253 g/mol. The van der Waals surface area contributed by atoms with E-state index in [4.69, 9.17) is 0 Å². The molecule has 2 rings (SSSR count). The number of thiophene rings is 1. The van der Waals surface area contributed by atoms with Crippen LogP contribution >= 0.6 is 11.3 Å². The van der Waals surface area contributed by atoms with Crippen molar-refractivity contribution in [2.45, 2.75) is 26.8 Å². The van der Waals surface area contributed by atoms with Gasteiger partial charge in [-0.3, -0.25) is 14.5 Å². The van der Waals surface area contributed by atoms with E-state index in [1.54, 1.807) is 11.3 Å². The molecule has 2 heterocycles. The Labute approximate surface area is 104 Å². The van der Waals surface area contributed by atoms with Gasteiger partial charge in [0.25, 0.3) is 0 Å². The van der Waals surface area contributed by atoms with Crippen molar-refractivity contribution in [3.63, 3.8) is 0 Å². The first-order valence-electron chi connectivity index (χ1n) is 5.52. The van der Waals surface area contributed by atoms with Crippen molar-refractivity contribution in [3.8, 4) is 0 Å². The minimum atomic E-state index is -0.460. The van der Waals surface area contributed by atoms with Crippen LogP contribution in [0.3, 0.4) is 0 Å². The molecule has 5 heteroatoms. The Morgan fingerprint density at radius 1 is 1.29 bits per heavy atom. The van der Waals surface area contributed by atoms with Gasteiger partial charge in [0.1, 0.15) is 0 Å². The predicted octanol–water partition coefficient (Wildman–Crippen LogP) is 1.81. The topological polar surface area (TPSA) is 46.6 Å². The van der Waals surface area contributed by atoms with Crippen LogP contribution < -0.4 is 0 Å². The van der Waals surface area contributed by atoms with E-state index in [1.165, 1.54) is 15.3 Å². The Kier molecular flexibility index (Phi) is 3.31. The highest BCUT2D eigenvalue weighted by Crippen LogP contribution is 2.30. The van der Waals surface area contributed by atoms with E-state index >= 15 is 0 Å². The van der Waals surface area contributed by atoms with Crippen LogP contribution in [0, 0.1) is 13.8 Å². The van der Waals surface area contributed by atoms with Gasteiger partial charge in [0, 0.05) is 15.8 Å². The number of nitrogens with zero attached hydrogens (tertiary/aromatic N) is 1. The van der Waals surface area contributed by atoms with Crippen molar-refractivity contribution in [2.24, 2.45) is 0 Å². The van der Waals surface area contributed by atoms with Crippen LogP contribution in [0.15, 0.2) is 6.07 Å². The molecule has 0 aliphatic carbocycles. The molecular formula is C12H15NO3S. The molecule has 1 aromatic heterocycles. The lowest BCUT2D eigenvalue weighted by Crippen LogP contribution is -2.44. The summed E-state index contributed by atoms with van der Waals surface area (Å²) in [5, 5.41) is 0. The quantitative estimate of drug-likeness (QED) is 0.595. The highest BCUT2D eigenvalue weighted by molar-refractivity contribution is 7.12. The molecule has 1 aliphatic heterocycles. The molecule has 17 heavy (non-hydrogen) atoms. The van der Waals surface area contributed by atoms with Gasteiger partial charge in [-0.1, -0.05) is 0 Å². The lowest BCUT2D eigenvalue weighted by molar-refractivity contribution is -0.167. The Hall–Kier alpha value is -1.20. The van der Waals surface area contributed by atoms with Crippen LogP contribution in [0.2, 0.25) is 0 Å². The summed E-state index contributed by atoms with van der Waals surface area (Å²) in [6, 6.07) is 2.19. The second-order valence-corrected chi connectivity index (χ2v) is 5.76. The molecule has 0 amide bonds. The minimum absolute atomic E-state index is 0.0664. The maximum atomic E-state index is 11.2. The molecular weight excluding hydrogens is 238 g/mol. The van der Waals surface area contributed by atoms with Crippen molar-refractivity contribution in [3.05, 3.63) is 21.4 Å². The molecule has 0 N–H and O–H groups in total. The van der Waals surface area contributed by atoms with Crippen molar-refractivity contribution in [1.29, 1.82) is 0 Å². The van der Waals surface area contributed by atoms with Crippen LogP contribution in [0.5, 0.6) is 0 Å². The number of hydrogen-bond donors (Lipinski definition) is 0. The molecule has 1 aliphatic rings. The van der Waals surface area contributed by atoms with Crippen LogP contribution in [-0.2, 0) is 14.3 Å². The summed E-state index contributed by atoms with van der Waals surface area (Å²) in [5.74, 6) is -0.921. The Bertz CT molecular complexity index is 450. The molecule has 0 bridgehead atoms. The summed E-state index contributed by atoms with van der Waals surface area (Å²) in [4.78, 5) is 26.8. The van der Waals surface area contributed by atoms with Gasteiger partial charge in [-0.2, -0.15) is 0 Å². The number of carbonyl (C=O) groups is 2. The van der Waals surface area contributed by atoms with Crippen LogP contribution in [0.4, 0.5) is 0 Å². The van der Waals surface area contributed by atoms with E-state index in [-0.39, 0.29) is 19.1 Å². The zero-order valence-electron chi connectivity index (χ0n) is 10.1. The predicted molar refractivity (Wildman–Crippen MR) is 64.9 cm³/mol. The summed E-state index contributed by atoms with van der Waals surface area (Å²) < 4.78 is 4.52. The highest BCUT2D eigenvalue weighted by Gasteiger charge is 2.29. The highest BCUT2D eigenvalue weighted by atomic mass is 32.1. The molecule has 1 unspecified atom stereocenters. The van der Waals surface area contributed by atoms with E-state index in [2.05, 4.69) is 24.7 Å². The summed E-state index contributed by atoms with van der Waals surface area (Å²) >= 11 is 1.74. The molecule has 4 nitrogen and oxygen atoms in total. The van der Waals surface area contributed by atoms with Gasteiger partial charge < -0.3 is 4.74 Å². The number of aryl methyl sites for hydroxylation is 2. The van der Waals surface area contributed by atoms with Gasteiger partial charge in [0.15, 0.2) is 0 Å². The third-order valence-electron chi connectivity index (χ3n) is 2.97. The second kappa shape index (κ2) is 4.58. The van der Waals surface area contributed by atoms with E-state index < -0.39 is 11.9 Å². The average molecular weight is 253 g/mol. The fourth-order valence-electron chi connectivity index (χ4n) is 2.11. The third kappa shape index (κ3) is 2.56. The molecule has 1 aromatic rings. The summed E-state index contributed by atoms with van der Waals surface area (Å²) in [7, 11) is 0. The van der Waals surface area contributed by atoms with Crippen molar-refractivity contribution >= 4 is 23.3 Å². The third-order valence-corrected chi connectivity index (χ3v) is 3.95. The Balaban J connectivity index is 2.19. The SMILES string of the molecule is Cc1cc(C(C)N2CC(=O)OC(=O)C2)c(C)s1. The zero-order chi connectivity index (χ0) is 12.6. The maximum Gasteiger partial charge on any atom is 0.327 e. The normalized spacial score (nSPS) is 19.2. The number of carbonyl (C=O) groups excluding carboxylic acids is 2. The first kappa shape index (κ1) is 12.3. The van der Waals surface area contributed by atoms with Gasteiger partial charge in [0.05, 0.1) is 13.1 Å². The molecule has 1 atom stereocenters. The number of rotatable bonds is 2. The van der Waals surface area contributed by atoms with Crippen molar-refractivity contribution in [2.75, 3.05) is 13.1 Å². The molecule has 92 valence electrons. The molecule has 1 saturated heterocycles. The maximum absolute atomic E-state index is 11.2. The second-order valence-electron chi connectivity index (χ2n) is 4.30. The van der Waals surface area contributed by atoms with Crippen molar-refractivity contribution < 1.29 is 14.3 Å². The summed E-state index contributed by atoms with van der Waals surface area (Å²) in [5.41, 5.74) is 1.19. The van der Waals surface area contributed by atoms with E-state index in [0.29, 0.717) is 0 Å². The van der Waals surface area contributed by atoms with E-state index in [1.807, 2.05) is 11.8 Å². The standard InChI is InChI=1S/C12H15NO3S/c1-7-4-10(9(3)17-7)8(2)13-5-11(14)16-12(15)6-13/h4,8H,5-6H2,1-3H3. The first-order chi connectivity index (χ1) is 7.97. The Morgan fingerprint density at radius 3 is 2.35 bits per heavy atom. The fraction of sp³-hybridized carbons (Fsp3) is 0.500. The van der Waals surface area contributed by atoms with E-state index in [9.17, 15) is 9.59 Å². The van der Waals surface area contributed by atoms with Gasteiger partial charge in [-0.15, -0.1) is 11.3 Å². The first-order valence-corrected chi connectivity index (χ1v) is 6.33. The number of cyclic esters (lactones) is 2. The van der Waals surface area contributed by atoms with Crippen LogP contribution in [0.25, 0.3) is 0 Å². The largest absolute Gasteiger partial charge is 0.391 e. The van der Waals surface area contributed by atoms with Gasteiger partial charge >= 0.3 is 11.9 Å². The Morgan fingerprint density at radius 2 is 1.88 bits per heavy atom. The number of hydrogen-bond acceptors (Lipinski definition) is 5. The van der Waals surface area contributed by atoms with Gasteiger partial charge in [-0.05, 0) is 32.4 Å². The lowest BCUT2D eigenvalue weighted by Gasteiger charge is -2.30. The van der Waals surface area contributed by atoms with Gasteiger partial charge in [0.2, 0.25) is 0 Å². The molecule has 0 saturated carbocycles. The molecule has 1 fully saturated rings.